The van der Waals surface area contributed by atoms with Crippen molar-refractivity contribution in [2.24, 2.45) is 5.73 Å². The number of methoxy groups -OCH3 is 1. The lowest BCUT2D eigenvalue weighted by Gasteiger charge is -2.21. The summed E-state index contributed by atoms with van der Waals surface area (Å²) in [5.74, 6) is 5.73. The third-order valence-corrected chi connectivity index (χ3v) is 2.92. The Morgan fingerprint density at radius 2 is 2.00 bits per heavy atom. The van der Waals surface area contributed by atoms with E-state index in [2.05, 4.69) is 17.2 Å². The maximum Gasteiger partial charge on any atom is 0.223 e. The molecule has 0 aliphatic carbocycles. The van der Waals surface area contributed by atoms with Gasteiger partial charge < -0.3 is 15.8 Å². The summed E-state index contributed by atoms with van der Waals surface area (Å²) in [4.78, 5) is 11.8. The minimum Gasteiger partial charge on any atom is -0.378 e. The van der Waals surface area contributed by atoms with Crippen molar-refractivity contribution in [3.05, 3.63) is 35.4 Å². The summed E-state index contributed by atoms with van der Waals surface area (Å²) in [6.07, 6.45) is 0.337. The van der Waals surface area contributed by atoms with Gasteiger partial charge >= 0.3 is 0 Å². The van der Waals surface area contributed by atoms with Gasteiger partial charge in [0.15, 0.2) is 0 Å². The van der Waals surface area contributed by atoms with Gasteiger partial charge in [-0.1, -0.05) is 24.0 Å². The topological polar surface area (TPSA) is 64.3 Å². The van der Waals surface area contributed by atoms with Crippen molar-refractivity contribution < 1.29 is 9.53 Å². The molecule has 3 N–H and O–H groups in total. The van der Waals surface area contributed by atoms with Gasteiger partial charge in [-0.05, 0) is 31.5 Å². The molecule has 0 aromatic heterocycles. The fourth-order valence-electron chi connectivity index (χ4n) is 1.58. The Labute approximate surface area is 120 Å². The van der Waals surface area contributed by atoms with E-state index in [-0.39, 0.29) is 5.91 Å². The summed E-state index contributed by atoms with van der Waals surface area (Å²) < 4.78 is 5.23. The average Bonchev–Trinajstić information content (AvgIpc) is 2.43. The monoisotopic (exact) mass is 274 g/mol. The second kappa shape index (κ2) is 7.68. The van der Waals surface area contributed by atoms with Gasteiger partial charge in [0.05, 0.1) is 18.6 Å². The van der Waals surface area contributed by atoms with Crippen molar-refractivity contribution in [3.8, 4) is 11.8 Å². The predicted molar refractivity (Wildman–Crippen MR) is 79.9 cm³/mol. The predicted octanol–water partition coefficient (Wildman–Crippen LogP) is 1.43. The first-order valence-corrected chi connectivity index (χ1v) is 6.56. The summed E-state index contributed by atoms with van der Waals surface area (Å²) in [6.45, 7) is 4.63. The van der Waals surface area contributed by atoms with Gasteiger partial charge in [-0.25, -0.2) is 0 Å². The summed E-state index contributed by atoms with van der Waals surface area (Å²) in [7, 11) is 1.61. The van der Waals surface area contributed by atoms with Crippen LogP contribution in [0, 0.1) is 11.8 Å². The van der Waals surface area contributed by atoms with Crippen LogP contribution in [0.1, 0.15) is 31.4 Å². The van der Waals surface area contributed by atoms with Crippen molar-refractivity contribution in [1.29, 1.82) is 0 Å². The maximum absolute atomic E-state index is 11.8. The fraction of sp³-hybridized carbons (Fsp3) is 0.438. The van der Waals surface area contributed by atoms with Crippen LogP contribution in [0.4, 0.5) is 0 Å². The highest BCUT2D eigenvalue weighted by Gasteiger charge is 2.20. The van der Waals surface area contributed by atoms with Gasteiger partial charge in [0.2, 0.25) is 5.91 Å². The van der Waals surface area contributed by atoms with Gasteiger partial charge in [-0.2, -0.15) is 0 Å². The van der Waals surface area contributed by atoms with Crippen molar-refractivity contribution in [2.75, 3.05) is 13.7 Å². The highest BCUT2D eigenvalue weighted by molar-refractivity contribution is 5.76. The molecule has 1 amide bonds. The molecule has 0 spiro atoms. The van der Waals surface area contributed by atoms with Crippen molar-refractivity contribution >= 4 is 5.91 Å². The van der Waals surface area contributed by atoms with Crippen LogP contribution in [0.5, 0.6) is 0 Å². The molecule has 4 heteroatoms. The van der Waals surface area contributed by atoms with Crippen LogP contribution in [0.3, 0.4) is 0 Å². The number of carbonyl (C=O) groups is 1. The van der Waals surface area contributed by atoms with Gasteiger partial charge in [0.1, 0.15) is 0 Å². The zero-order valence-corrected chi connectivity index (χ0v) is 12.3. The lowest BCUT2D eigenvalue weighted by molar-refractivity contribution is -0.126. The van der Waals surface area contributed by atoms with E-state index in [4.69, 9.17) is 10.5 Å². The van der Waals surface area contributed by atoms with Crippen molar-refractivity contribution in [1.82, 2.24) is 5.32 Å². The van der Waals surface area contributed by atoms with Gasteiger partial charge in [0, 0.05) is 19.2 Å². The number of benzene rings is 1. The molecule has 0 atom stereocenters. The normalized spacial score (nSPS) is 10.6. The van der Waals surface area contributed by atoms with Gasteiger partial charge in [0.25, 0.3) is 0 Å². The largest absolute Gasteiger partial charge is 0.378 e. The molecule has 0 bridgehead atoms. The third kappa shape index (κ3) is 5.87. The minimum absolute atomic E-state index is 0.0242. The van der Waals surface area contributed by atoms with Gasteiger partial charge in [-0.3, -0.25) is 4.79 Å². The second-order valence-electron chi connectivity index (χ2n) is 5.12. The van der Waals surface area contributed by atoms with E-state index < -0.39 is 5.60 Å². The van der Waals surface area contributed by atoms with Crippen molar-refractivity contribution in [3.63, 3.8) is 0 Å². The molecule has 0 saturated heterocycles. The van der Waals surface area contributed by atoms with E-state index in [1.54, 1.807) is 7.11 Å². The van der Waals surface area contributed by atoms with Crippen LogP contribution in [0.15, 0.2) is 24.3 Å². The SMILES string of the molecule is COC(C)(C)CC(=O)NCc1ccc(C#CCN)cc1. The van der Waals surface area contributed by atoms with Crippen molar-refractivity contribution in [2.45, 2.75) is 32.4 Å². The average molecular weight is 274 g/mol. The lowest BCUT2D eigenvalue weighted by atomic mass is 10.0. The van der Waals surface area contributed by atoms with E-state index in [1.165, 1.54) is 0 Å². The molecule has 0 saturated carbocycles. The Hall–Kier alpha value is -1.83. The number of ether oxygens (including phenoxy) is 1. The maximum atomic E-state index is 11.8. The summed E-state index contributed by atoms with van der Waals surface area (Å²) in [5.41, 5.74) is 6.84. The number of carbonyl (C=O) groups excluding carboxylic acids is 1. The Morgan fingerprint density at radius 3 is 2.55 bits per heavy atom. The first-order chi connectivity index (χ1) is 9.46. The van der Waals surface area contributed by atoms with Crippen LogP contribution in [-0.2, 0) is 16.1 Å². The molecule has 1 aromatic rings. The molecule has 20 heavy (non-hydrogen) atoms. The van der Waals surface area contributed by atoms with Crippen LogP contribution in [0.2, 0.25) is 0 Å². The van der Waals surface area contributed by atoms with E-state index in [1.807, 2.05) is 38.1 Å². The Bertz CT molecular complexity index is 495. The van der Waals surface area contributed by atoms with Crippen LogP contribution >= 0.6 is 0 Å². The quantitative estimate of drug-likeness (QED) is 0.798. The Morgan fingerprint density at radius 1 is 1.35 bits per heavy atom. The molecule has 0 heterocycles. The first kappa shape index (κ1) is 16.2. The standard InChI is InChI=1S/C16H22N2O2/c1-16(2,20-3)11-15(19)18-12-14-8-6-13(7-9-14)5-4-10-17/h6-9H,10-12,17H2,1-3H3,(H,18,19). The summed E-state index contributed by atoms with van der Waals surface area (Å²) >= 11 is 0. The van der Waals surface area contributed by atoms with Gasteiger partial charge in [-0.15, -0.1) is 0 Å². The van der Waals surface area contributed by atoms with Crippen LogP contribution < -0.4 is 11.1 Å². The number of rotatable bonds is 5. The molecular weight excluding hydrogens is 252 g/mol. The molecule has 0 unspecified atom stereocenters. The number of nitrogens with two attached hydrogens (primary N) is 1. The van der Waals surface area contributed by atoms with E-state index in [0.717, 1.165) is 11.1 Å². The molecule has 0 aliphatic heterocycles. The molecule has 4 nitrogen and oxygen atoms in total. The Kier molecular flexibility index (Phi) is 6.23. The molecule has 0 fully saturated rings. The molecule has 0 radical (unpaired) electrons. The third-order valence-electron chi connectivity index (χ3n) is 2.92. The molecule has 0 aliphatic rings. The summed E-state index contributed by atoms with van der Waals surface area (Å²) in [5, 5.41) is 2.88. The molecule has 108 valence electrons. The lowest BCUT2D eigenvalue weighted by Crippen LogP contribution is -2.33. The Balaban J connectivity index is 2.48. The highest BCUT2D eigenvalue weighted by atomic mass is 16.5. The number of hydrogen-bond donors (Lipinski definition) is 2. The fourth-order valence-corrected chi connectivity index (χ4v) is 1.58. The second-order valence-corrected chi connectivity index (χ2v) is 5.12. The van der Waals surface area contributed by atoms with E-state index in [0.29, 0.717) is 19.5 Å². The molecular formula is C16H22N2O2. The number of hydrogen-bond acceptors (Lipinski definition) is 3. The van der Waals surface area contributed by atoms with Crippen LogP contribution in [-0.4, -0.2) is 25.2 Å². The molecule has 1 aromatic carbocycles. The smallest absolute Gasteiger partial charge is 0.223 e. The minimum atomic E-state index is -0.439. The zero-order valence-electron chi connectivity index (χ0n) is 12.3. The summed E-state index contributed by atoms with van der Waals surface area (Å²) in [6, 6.07) is 7.73. The van der Waals surface area contributed by atoms with Crippen LogP contribution in [0.25, 0.3) is 0 Å². The van der Waals surface area contributed by atoms with E-state index >= 15 is 0 Å². The first-order valence-electron chi connectivity index (χ1n) is 6.56. The van der Waals surface area contributed by atoms with E-state index in [9.17, 15) is 4.79 Å². The molecule has 1 rings (SSSR count). The highest BCUT2D eigenvalue weighted by Crippen LogP contribution is 2.12. The zero-order chi connectivity index (χ0) is 15.0. The number of nitrogens with one attached hydrogen (secondary N) is 1. The number of amides is 1.